The Kier molecular flexibility index (Phi) is 2.96. The van der Waals surface area contributed by atoms with E-state index in [-0.39, 0.29) is 30.2 Å². The molecule has 2 fully saturated rings. The lowest BCUT2D eigenvalue weighted by atomic mass is 9.95. The van der Waals surface area contributed by atoms with Gasteiger partial charge in [0.25, 0.3) is 0 Å². The molecule has 18 heavy (non-hydrogen) atoms. The van der Waals surface area contributed by atoms with Gasteiger partial charge < -0.3 is 15.2 Å². The number of ether oxygens (including phenoxy) is 1. The van der Waals surface area contributed by atoms with Gasteiger partial charge in [0.15, 0.2) is 0 Å². The summed E-state index contributed by atoms with van der Waals surface area (Å²) in [5.41, 5.74) is 0.666. The molecule has 0 saturated carbocycles. The van der Waals surface area contributed by atoms with Crippen LogP contribution in [0.5, 0.6) is 5.75 Å². The van der Waals surface area contributed by atoms with E-state index in [9.17, 15) is 9.90 Å². The van der Waals surface area contributed by atoms with Gasteiger partial charge in [0.2, 0.25) is 5.91 Å². The number of rotatable bonds is 3. The first kappa shape index (κ1) is 11.5. The largest absolute Gasteiger partial charge is 0.508 e. The summed E-state index contributed by atoms with van der Waals surface area (Å²) >= 11 is 0. The zero-order chi connectivity index (χ0) is 12.5. The third-order valence-corrected chi connectivity index (χ3v) is 3.80. The third kappa shape index (κ3) is 2.20. The molecule has 1 aromatic carbocycles. The summed E-state index contributed by atoms with van der Waals surface area (Å²) in [4.78, 5) is 11.9. The van der Waals surface area contributed by atoms with Gasteiger partial charge in [-0.15, -0.1) is 0 Å². The van der Waals surface area contributed by atoms with Crippen molar-refractivity contribution in [3.63, 3.8) is 0 Å². The van der Waals surface area contributed by atoms with Crippen LogP contribution in [-0.2, 0) is 16.0 Å². The van der Waals surface area contributed by atoms with Gasteiger partial charge in [0, 0.05) is 5.56 Å². The molecule has 0 aromatic heterocycles. The number of fused-ring (bicyclic) bond motifs is 2. The maximum atomic E-state index is 11.9. The summed E-state index contributed by atoms with van der Waals surface area (Å²) in [6.07, 6.45) is 3.86. The van der Waals surface area contributed by atoms with Crippen LogP contribution in [0.25, 0.3) is 0 Å². The Morgan fingerprint density at radius 2 is 2.22 bits per heavy atom. The highest BCUT2D eigenvalue weighted by molar-refractivity contribution is 5.79. The second-order valence-corrected chi connectivity index (χ2v) is 5.09. The minimum Gasteiger partial charge on any atom is -0.508 e. The molecule has 1 aromatic rings. The second-order valence-electron chi connectivity index (χ2n) is 5.09. The van der Waals surface area contributed by atoms with Crippen LogP contribution in [0.4, 0.5) is 0 Å². The molecule has 2 N–H and O–H groups in total. The number of hydrogen-bond acceptors (Lipinski definition) is 3. The van der Waals surface area contributed by atoms with Gasteiger partial charge in [-0.2, -0.15) is 0 Å². The standard InChI is InChI=1S/C14H17NO3/c16-12-4-2-1-3-9(12)7-14(17)15-11-8-10-5-6-13(11)18-10/h1-4,10-11,13,16H,5-8H2,(H,15,17). The fraction of sp³-hybridized carbons (Fsp3) is 0.500. The Labute approximate surface area is 106 Å². The van der Waals surface area contributed by atoms with Gasteiger partial charge in [0.05, 0.1) is 24.7 Å². The minimum absolute atomic E-state index is 0.0438. The monoisotopic (exact) mass is 247 g/mol. The molecule has 4 heteroatoms. The lowest BCUT2D eigenvalue weighted by molar-refractivity contribution is -0.121. The Morgan fingerprint density at radius 3 is 2.89 bits per heavy atom. The van der Waals surface area contributed by atoms with Crippen molar-refractivity contribution in [2.24, 2.45) is 0 Å². The van der Waals surface area contributed by atoms with Crippen LogP contribution in [0.2, 0.25) is 0 Å². The number of nitrogens with one attached hydrogen (secondary N) is 1. The molecule has 0 spiro atoms. The van der Waals surface area contributed by atoms with E-state index in [0.717, 1.165) is 19.3 Å². The number of benzene rings is 1. The zero-order valence-electron chi connectivity index (χ0n) is 10.1. The molecule has 2 heterocycles. The number of para-hydroxylation sites is 1. The SMILES string of the molecule is O=C(Cc1ccccc1O)NC1CC2CCC1O2. The van der Waals surface area contributed by atoms with E-state index in [1.807, 2.05) is 6.07 Å². The average molecular weight is 247 g/mol. The van der Waals surface area contributed by atoms with Crippen molar-refractivity contribution >= 4 is 5.91 Å². The molecule has 0 aliphatic carbocycles. The first-order chi connectivity index (χ1) is 8.72. The summed E-state index contributed by atoms with van der Waals surface area (Å²) in [6, 6.07) is 7.10. The lowest BCUT2D eigenvalue weighted by Gasteiger charge is -2.20. The van der Waals surface area contributed by atoms with E-state index in [1.54, 1.807) is 18.2 Å². The smallest absolute Gasteiger partial charge is 0.224 e. The number of hydrogen-bond donors (Lipinski definition) is 2. The Balaban J connectivity index is 1.58. The van der Waals surface area contributed by atoms with Gasteiger partial charge in [-0.05, 0) is 25.3 Å². The van der Waals surface area contributed by atoms with E-state index in [1.165, 1.54) is 0 Å². The molecule has 2 saturated heterocycles. The van der Waals surface area contributed by atoms with Crippen LogP contribution >= 0.6 is 0 Å². The third-order valence-electron chi connectivity index (χ3n) is 3.80. The van der Waals surface area contributed by atoms with Crippen molar-refractivity contribution in [2.75, 3.05) is 0 Å². The maximum absolute atomic E-state index is 11.9. The zero-order valence-corrected chi connectivity index (χ0v) is 10.1. The van der Waals surface area contributed by atoms with Gasteiger partial charge in [0.1, 0.15) is 5.75 Å². The normalized spacial score (nSPS) is 29.4. The Hall–Kier alpha value is -1.55. The van der Waals surface area contributed by atoms with Crippen LogP contribution < -0.4 is 5.32 Å². The van der Waals surface area contributed by atoms with Crippen LogP contribution in [0.15, 0.2) is 24.3 Å². The molecule has 1 amide bonds. The molecule has 2 aliphatic heterocycles. The number of phenolic OH excluding ortho intramolecular Hbond substituents is 1. The van der Waals surface area contributed by atoms with Gasteiger partial charge in [-0.1, -0.05) is 18.2 Å². The molecule has 4 nitrogen and oxygen atoms in total. The molecule has 3 unspecified atom stereocenters. The van der Waals surface area contributed by atoms with Crippen molar-refractivity contribution in [2.45, 2.75) is 43.9 Å². The average Bonchev–Trinajstić information content (AvgIpc) is 2.94. The molecule has 2 aliphatic rings. The van der Waals surface area contributed by atoms with Crippen LogP contribution in [-0.4, -0.2) is 29.3 Å². The molecule has 96 valence electrons. The van der Waals surface area contributed by atoms with Crippen LogP contribution in [0, 0.1) is 0 Å². The highest BCUT2D eigenvalue weighted by Crippen LogP contribution is 2.34. The Bertz CT molecular complexity index is 460. The number of phenols is 1. The summed E-state index contributed by atoms with van der Waals surface area (Å²) in [5.74, 6) is 0.134. The van der Waals surface area contributed by atoms with Crippen molar-refractivity contribution in [1.29, 1.82) is 0 Å². The molecule has 2 bridgehead atoms. The molecular weight excluding hydrogens is 230 g/mol. The van der Waals surface area contributed by atoms with Gasteiger partial charge in [-0.3, -0.25) is 4.79 Å². The fourth-order valence-electron chi connectivity index (χ4n) is 2.88. The van der Waals surface area contributed by atoms with E-state index in [0.29, 0.717) is 11.7 Å². The van der Waals surface area contributed by atoms with E-state index in [2.05, 4.69) is 5.32 Å². The van der Waals surface area contributed by atoms with E-state index < -0.39 is 0 Å². The number of amides is 1. The summed E-state index contributed by atoms with van der Waals surface area (Å²) < 4.78 is 5.70. The highest BCUT2D eigenvalue weighted by atomic mass is 16.5. The lowest BCUT2D eigenvalue weighted by Crippen LogP contribution is -2.42. The predicted octanol–water partition coefficient (Wildman–Crippen LogP) is 1.37. The van der Waals surface area contributed by atoms with Crippen molar-refractivity contribution < 1.29 is 14.6 Å². The topological polar surface area (TPSA) is 58.6 Å². The van der Waals surface area contributed by atoms with Crippen molar-refractivity contribution in [3.05, 3.63) is 29.8 Å². The summed E-state index contributed by atoms with van der Waals surface area (Å²) in [7, 11) is 0. The van der Waals surface area contributed by atoms with Gasteiger partial charge in [-0.25, -0.2) is 0 Å². The maximum Gasteiger partial charge on any atom is 0.224 e. The van der Waals surface area contributed by atoms with Crippen LogP contribution in [0.1, 0.15) is 24.8 Å². The number of aromatic hydroxyl groups is 1. The summed E-state index contributed by atoms with van der Waals surface area (Å²) in [5, 5.41) is 12.6. The first-order valence-corrected chi connectivity index (χ1v) is 6.44. The van der Waals surface area contributed by atoms with Gasteiger partial charge >= 0.3 is 0 Å². The van der Waals surface area contributed by atoms with E-state index in [4.69, 9.17) is 4.74 Å². The fourth-order valence-corrected chi connectivity index (χ4v) is 2.88. The molecule has 0 radical (unpaired) electrons. The molecule has 3 rings (SSSR count). The minimum atomic E-state index is -0.0438. The molecular formula is C14H17NO3. The van der Waals surface area contributed by atoms with Crippen molar-refractivity contribution in [1.82, 2.24) is 5.32 Å². The van der Waals surface area contributed by atoms with E-state index >= 15 is 0 Å². The quantitative estimate of drug-likeness (QED) is 0.848. The number of carbonyl (C=O) groups excluding carboxylic acids is 1. The predicted molar refractivity (Wildman–Crippen MR) is 66.3 cm³/mol. The van der Waals surface area contributed by atoms with Crippen molar-refractivity contribution in [3.8, 4) is 5.75 Å². The second kappa shape index (κ2) is 4.61. The number of carbonyl (C=O) groups is 1. The summed E-state index contributed by atoms with van der Waals surface area (Å²) in [6.45, 7) is 0. The van der Waals surface area contributed by atoms with Crippen LogP contribution in [0.3, 0.4) is 0 Å². The highest BCUT2D eigenvalue weighted by Gasteiger charge is 2.41. The Morgan fingerprint density at radius 1 is 1.39 bits per heavy atom. The first-order valence-electron chi connectivity index (χ1n) is 6.44. The molecule has 3 atom stereocenters.